The number of hydrogen-bond acceptors (Lipinski definition) is 5. The van der Waals surface area contributed by atoms with E-state index in [1.54, 1.807) is 35.2 Å². The molecule has 0 saturated carbocycles. The molecule has 0 bridgehead atoms. The van der Waals surface area contributed by atoms with Crippen LogP contribution in [0.2, 0.25) is 0 Å². The number of thioether (sulfide) groups is 1. The Kier molecular flexibility index (Phi) is 7.43. The van der Waals surface area contributed by atoms with Crippen molar-refractivity contribution >= 4 is 63.0 Å². The molecule has 0 radical (unpaired) electrons. The number of anilines is 2. The van der Waals surface area contributed by atoms with Gasteiger partial charge in [-0.3, -0.25) is 24.2 Å². The molecule has 0 unspecified atom stereocenters. The summed E-state index contributed by atoms with van der Waals surface area (Å²) in [5.41, 5.74) is 1.40. The van der Waals surface area contributed by atoms with E-state index >= 15 is 0 Å². The summed E-state index contributed by atoms with van der Waals surface area (Å²) in [5, 5.41) is 2.50. The van der Waals surface area contributed by atoms with Crippen LogP contribution in [0.15, 0.2) is 53.4 Å². The first-order valence-electron chi connectivity index (χ1n) is 11.2. The normalized spacial score (nSPS) is 17.5. The van der Waals surface area contributed by atoms with Crippen LogP contribution in [0.5, 0.6) is 0 Å². The van der Waals surface area contributed by atoms with Gasteiger partial charge in [0.15, 0.2) is 0 Å². The highest BCUT2D eigenvalue weighted by atomic mass is 32.2. The first-order chi connectivity index (χ1) is 16.4. The highest BCUT2D eigenvalue weighted by Gasteiger charge is 2.42. The Hall–Kier alpha value is -3.04. The number of carbonyl (C=O) groups excluding carboxylic acids is 3. The average Bonchev–Trinajstić information content (AvgIpc) is 3.25. The number of thiocarbonyl (C=S) groups is 1. The van der Waals surface area contributed by atoms with Crippen molar-refractivity contribution in [2.45, 2.75) is 32.6 Å². The smallest absolute Gasteiger partial charge is 0.267 e. The Morgan fingerprint density at radius 3 is 2.50 bits per heavy atom. The molecule has 4 rings (SSSR count). The van der Waals surface area contributed by atoms with E-state index in [0.29, 0.717) is 22.1 Å². The number of nitrogens with one attached hydrogen (secondary N) is 1. The van der Waals surface area contributed by atoms with Crippen LogP contribution in [0.4, 0.5) is 15.8 Å². The monoisotopic (exact) mass is 497 g/mol. The van der Waals surface area contributed by atoms with Crippen LogP contribution in [-0.2, 0) is 14.4 Å². The van der Waals surface area contributed by atoms with Crippen LogP contribution in [-0.4, -0.2) is 40.0 Å². The lowest BCUT2D eigenvalue weighted by molar-refractivity contribution is -0.122. The maximum Gasteiger partial charge on any atom is 0.267 e. The number of benzene rings is 2. The minimum absolute atomic E-state index is 0.0385. The van der Waals surface area contributed by atoms with Crippen LogP contribution in [0.25, 0.3) is 5.57 Å². The second-order valence-corrected chi connectivity index (χ2v) is 9.67. The third kappa shape index (κ3) is 4.76. The van der Waals surface area contributed by atoms with Crippen LogP contribution < -0.4 is 10.2 Å². The van der Waals surface area contributed by atoms with Crippen LogP contribution >= 0.6 is 24.0 Å². The second-order valence-electron chi connectivity index (χ2n) is 8.03. The van der Waals surface area contributed by atoms with Gasteiger partial charge in [-0.05, 0) is 24.6 Å². The minimum Gasteiger partial charge on any atom is -0.322 e. The molecule has 2 aliphatic heterocycles. The molecule has 1 fully saturated rings. The topological polar surface area (TPSA) is 69.7 Å². The Bertz CT molecular complexity index is 1200. The van der Waals surface area contributed by atoms with Crippen molar-refractivity contribution in [3.8, 4) is 0 Å². The molecule has 0 aromatic heterocycles. The van der Waals surface area contributed by atoms with Gasteiger partial charge in [-0.25, -0.2) is 4.39 Å². The molecule has 2 aromatic rings. The zero-order valence-electron chi connectivity index (χ0n) is 18.7. The van der Waals surface area contributed by atoms with Crippen molar-refractivity contribution in [1.82, 2.24) is 4.90 Å². The summed E-state index contributed by atoms with van der Waals surface area (Å²) in [4.78, 5) is 42.5. The van der Waals surface area contributed by atoms with E-state index in [0.717, 1.165) is 37.4 Å². The molecular formula is C25H24FN3O3S2. The molecule has 2 heterocycles. The molecule has 2 aliphatic rings. The third-order valence-electron chi connectivity index (χ3n) is 5.68. The lowest BCUT2D eigenvalue weighted by Crippen LogP contribution is -2.35. The van der Waals surface area contributed by atoms with Crippen molar-refractivity contribution in [2.24, 2.45) is 0 Å². The fourth-order valence-electron chi connectivity index (χ4n) is 3.99. The van der Waals surface area contributed by atoms with Gasteiger partial charge in [0.2, 0.25) is 5.91 Å². The molecule has 1 N–H and O–H groups in total. The molecule has 176 valence electrons. The predicted molar refractivity (Wildman–Crippen MR) is 137 cm³/mol. The molecular weight excluding hydrogens is 473 g/mol. The summed E-state index contributed by atoms with van der Waals surface area (Å²) in [6, 6.07) is 12.8. The quantitative estimate of drug-likeness (QED) is 0.317. The van der Waals surface area contributed by atoms with Crippen molar-refractivity contribution in [1.29, 1.82) is 0 Å². The van der Waals surface area contributed by atoms with E-state index in [-0.39, 0.29) is 28.6 Å². The summed E-state index contributed by atoms with van der Waals surface area (Å²) < 4.78 is 14.4. The van der Waals surface area contributed by atoms with Gasteiger partial charge in [-0.2, -0.15) is 0 Å². The second kappa shape index (κ2) is 10.5. The number of unbranched alkanes of at least 4 members (excludes halogenated alkanes) is 3. The molecule has 34 heavy (non-hydrogen) atoms. The van der Waals surface area contributed by atoms with Gasteiger partial charge >= 0.3 is 0 Å². The highest BCUT2D eigenvalue weighted by Crippen LogP contribution is 2.44. The first kappa shape index (κ1) is 24.1. The third-order valence-corrected chi connectivity index (χ3v) is 7.13. The van der Waals surface area contributed by atoms with E-state index in [2.05, 4.69) is 12.2 Å². The number of amides is 3. The van der Waals surface area contributed by atoms with Gasteiger partial charge < -0.3 is 5.32 Å². The number of hydrogen-bond donors (Lipinski definition) is 1. The van der Waals surface area contributed by atoms with Gasteiger partial charge in [-0.1, -0.05) is 80.5 Å². The molecule has 1 saturated heterocycles. The summed E-state index contributed by atoms with van der Waals surface area (Å²) >= 11 is 6.56. The number of halogens is 1. The Morgan fingerprint density at radius 2 is 1.74 bits per heavy atom. The summed E-state index contributed by atoms with van der Waals surface area (Å²) in [6.45, 7) is 2.33. The van der Waals surface area contributed by atoms with Gasteiger partial charge in [0.25, 0.3) is 11.8 Å². The van der Waals surface area contributed by atoms with E-state index < -0.39 is 17.6 Å². The van der Waals surface area contributed by atoms with E-state index in [1.165, 1.54) is 23.1 Å². The Morgan fingerprint density at radius 1 is 1.00 bits per heavy atom. The van der Waals surface area contributed by atoms with E-state index in [9.17, 15) is 18.8 Å². The molecule has 0 spiro atoms. The van der Waals surface area contributed by atoms with Crippen molar-refractivity contribution in [2.75, 3.05) is 23.3 Å². The summed E-state index contributed by atoms with van der Waals surface area (Å²) in [7, 11) is 0. The zero-order valence-corrected chi connectivity index (χ0v) is 20.3. The maximum atomic E-state index is 13.9. The molecule has 0 atom stereocenters. The first-order valence-corrected chi connectivity index (χ1v) is 12.4. The van der Waals surface area contributed by atoms with Gasteiger partial charge in [-0.15, -0.1) is 0 Å². The molecule has 6 nitrogen and oxygen atoms in total. The average molecular weight is 498 g/mol. The van der Waals surface area contributed by atoms with Crippen LogP contribution in [0.3, 0.4) is 0 Å². The lowest BCUT2D eigenvalue weighted by atomic mass is 10.1. The maximum absolute atomic E-state index is 13.9. The van der Waals surface area contributed by atoms with Crippen molar-refractivity contribution in [3.05, 3.63) is 64.8 Å². The molecule has 9 heteroatoms. The van der Waals surface area contributed by atoms with Gasteiger partial charge in [0, 0.05) is 12.1 Å². The fourth-order valence-corrected chi connectivity index (χ4v) is 5.37. The van der Waals surface area contributed by atoms with E-state index in [1.807, 2.05) is 0 Å². The number of carbonyl (C=O) groups is 3. The number of para-hydroxylation sites is 2. The molecule has 0 aliphatic carbocycles. The van der Waals surface area contributed by atoms with Crippen LogP contribution in [0.1, 0.15) is 38.2 Å². The standard InChI is InChI=1S/C25H24FN3O3S2/c1-2-3-4-9-14-28-24(32)22(34-25(28)33)21-16-10-5-8-13-19(16)29(23(21)31)15-20(30)27-18-12-7-6-11-17(18)26/h5-8,10-13H,2-4,9,14-15H2,1H3,(H,27,30). The molecule has 3 amide bonds. The zero-order chi connectivity index (χ0) is 24.2. The highest BCUT2D eigenvalue weighted by molar-refractivity contribution is 8.26. The predicted octanol–water partition coefficient (Wildman–Crippen LogP) is 4.96. The van der Waals surface area contributed by atoms with Crippen LogP contribution in [0, 0.1) is 5.82 Å². The SMILES string of the molecule is CCCCCCN1C(=O)C(=C2C(=O)N(CC(=O)Nc3ccccc3F)c3ccccc32)SC1=S. The number of fused-ring (bicyclic) bond motifs is 1. The number of rotatable bonds is 8. The molecule has 2 aromatic carbocycles. The summed E-state index contributed by atoms with van der Waals surface area (Å²) in [5.74, 6) is -1.83. The fraction of sp³-hybridized carbons (Fsp3) is 0.280. The van der Waals surface area contributed by atoms with Crippen molar-refractivity contribution in [3.63, 3.8) is 0 Å². The Labute approximate surface area is 207 Å². The summed E-state index contributed by atoms with van der Waals surface area (Å²) in [6.07, 6.45) is 4.03. The van der Waals surface area contributed by atoms with Gasteiger partial charge in [0.1, 0.15) is 16.7 Å². The van der Waals surface area contributed by atoms with Crippen molar-refractivity contribution < 1.29 is 18.8 Å². The van der Waals surface area contributed by atoms with E-state index in [4.69, 9.17) is 12.2 Å². The van der Waals surface area contributed by atoms with Gasteiger partial charge in [0.05, 0.1) is 21.9 Å². The number of nitrogens with zero attached hydrogens (tertiary/aromatic N) is 2. The minimum atomic E-state index is -0.563. The Balaban J connectivity index is 1.58. The largest absolute Gasteiger partial charge is 0.322 e. The lowest BCUT2D eigenvalue weighted by Gasteiger charge is -2.17.